The molecule has 0 saturated carbocycles. The van der Waals surface area contributed by atoms with Gasteiger partial charge in [-0.25, -0.2) is 4.79 Å². The van der Waals surface area contributed by atoms with E-state index in [1.54, 1.807) is 48.5 Å². The molecule has 0 saturated heterocycles. The molecule has 0 amide bonds. The van der Waals surface area contributed by atoms with Crippen LogP contribution < -0.4 is 14.8 Å². The van der Waals surface area contributed by atoms with Crippen molar-refractivity contribution in [1.29, 1.82) is 0 Å². The standard InChI is InChI=1S/C29H26Cl2N2O6/c1-37-25-11-10-19(12-27(25)38-2)26(13-20-21(30)15-32-16-22(20)31)39-29(36)18-8-6-17(7-9-18)14-33-28-23(34)4-3-5-24(28)35/h3-12,15-16,26,33-35H,13-14H2,1-2H3/t26-/m0/s1. The topological polar surface area (TPSA) is 110 Å². The molecule has 39 heavy (non-hydrogen) atoms. The van der Waals surface area contributed by atoms with E-state index in [4.69, 9.17) is 37.4 Å². The quantitative estimate of drug-likeness (QED) is 0.145. The number of aromatic hydroxyl groups is 2. The predicted octanol–water partition coefficient (Wildman–Crippen LogP) is 6.57. The molecule has 0 spiro atoms. The largest absolute Gasteiger partial charge is 0.506 e. The average Bonchev–Trinajstić information content (AvgIpc) is 2.94. The molecular formula is C29H26Cl2N2O6. The van der Waals surface area contributed by atoms with Gasteiger partial charge in [0.2, 0.25) is 0 Å². The Hall–Kier alpha value is -4.14. The predicted molar refractivity (Wildman–Crippen MR) is 149 cm³/mol. The summed E-state index contributed by atoms with van der Waals surface area (Å²) in [6, 6.07) is 16.5. The van der Waals surface area contributed by atoms with Crippen LogP contribution >= 0.6 is 23.2 Å². The summed E-state index contributed by atoms with van der Waals surface area (Å²) in [4.78, 5) is 17.2. The molecule has 3 aromatic carbocycles. The number of esters is 1. The maximum Gasteiger partial charge on any atom is 0.338 e. The number of phenols is 2. The summed E-state index contributed by atoms with van der Waals surface area (Å²) < 4.78 is 16.7. The summed E-state index contributed by atoms with van der Waals surface area (Å²) in [7, 11) is 3.06. The van der Waals surface area contributed by atoms with Crippen molar-refractivity contribution < 1.29 is 29.2 Å². The number of nitrogens with one attached hydrogen (secondary N) is 1. The Balaban J connectivity index is 1.54. The van der Waals surface area contributed by atoms with E-state index in [1.807, 2.05) is 0 Å². The van der Waals surface area contributed by atoms with Crippen LogP contribution in [0.1, 0.15) is 33.2 Å². The number of ether oxygens (including phenoxy) is 3. The van der Waals surface area contributed by atoms with E-state index in [2.05, 4.69) is 10.3 Å². The average molecular weight is 569 g/mol. The molecule has 1 aromatic heterocycles. The molecule has 0 radical (unpaired) electrons. The van der Waals surface area contributed by atoms with E-state index < -0.39 is 12.1 Å². The molecule has 4 aromatic rings. The first kappa shape index (κ1) is 27.9. The van der Waals surface area contributed by atoms with Gasteiger partial charge < -0.3 is 29.7 Å². The Bertz CT molecular complexity index is 1420. The Labute approximate surface area is 235 Å². The number of aromatic nitrogens is 1. The number of halogens is 2. The Morgan fingerprint density at radius 2 is 1.56 bits per heavy atom. The van der Waals surface area contributed by atoms with Gasteiger partial charge in [0.1, 0.15) is 23.3 Å². The number of carbonyl (C=O) groups is 1. The van der Waals surface area contributed by atoms with Crippen LogP contribution in [-0.4, -0.2) is 35.4 Å². The minimum Gasteiger partial charge on any atom is -0.506 e. The summed E-state index contributed by atoms with van der Waals surface area (Å²) >= 11 is 12.7. The zero-order valence-electron chi connectivity index (χ0n) is 21.2. The minimum absolute atomic E-state index is 0.0641. The van der Waals surface area contributed by atoms with Crippen molar-refractivity contribution in [1.82, 2.24) is 4.98 Å². The second-order valence-corrected chi connectivity index (χ2v) is 9.33. The fraction of sp³-hybridized carbons (Fsp3) is 0.172. The van der Waals surface area contributed by atoms with Gasteiger partial charge in [-0.3, -0.25) is 4.98 Å². The van der Waals surface area contributed by atoms with E-state index in [1.165, 1.54) is 38.7 Å². The van der Waals surface area contributed by atoms with Gasteiger partial charge in [0.05, 0.1) is 29.8 Å². The van der Waals surface area contributed by atoms with Gasteiger partial charge in [-0.1, -0.05) is 47.5 Å². The summed E-state index contributed by atoms with van der Waals surface area (Å²) in [5.41, 5.74) is 2.64. The molecule has 1 atom stereocenters. The van der Waals surface area contributed by atoms with Gasteiger partial charge in [0.25, 0.3) is 0 Å². The molecule has 1 heterocycles. The molecule has 0 unspecified atom stereocenters. The molecule has 0 aliphatic rings. The third-order valence-electron chi connectivity index (χ3n) is 6.05. The normalized spacial score (nSPS) is 11.5. The number of carbonyl (C=O) groups excluding carboxylic acids is 1. The van der Waals surface area contributed by atoms with Crippen LogP contribution in [0.5, 0.6) is 23.0 Å². The molecule has 4 rings (SSSR count). The lowest BCUT2D eigenvalue weighted by atomic mass is 10.0. The minimum atomic E-state index is -0.750. The first-order valence-corrected chi connectivity index (χ1v) is 12.6. The first-order chi connectivity index (χ1) is 18.8. The zero-order chi connectivity index (χ0) is 27.9. The van der Waals surface area contributed by atoms with E-state index in [0.29, 0.717) is 44.8 Å². The molecule has 0 fully saturated rings. The van der Waals surface area contributed by atoms with E-state index in [0.717, 1.165) is 5.56 Å². The lowest BCUT2D eigenvalue weighted by molar-refractivity contribution is 0.0297. The number of phenolic OH excluding ortho intramolecular Hbond substituents is 2. The molecule has 10 heteroatoms. The number of methoxy groups -OCH3 is 2. The fourth-order valence-electron chi connectivity index (χ4n) is 3.95. The van der Waals surface area contributed by atoms with Gasteiger partial charge in [-0.05, 0) is 53.1 Å². The number of hydrogen-bond acceptors (Lipinski definition) is 8. The van der Waals surface area contributed by atoms with Crippen LogP contribution in [0.3, 0.4) is 0 Å². The maximum absolute atomic E-state index is 13.2. The van der Waals surface area contributed by atoms with Crippen LogP contribution in [-0.2, 0) is 17.7 Å². The second kappa shape index (κ2) is 12.6. The Morgan fingerprint density at radius 1 is 0.923 bits per heavy atom. The summed E-state index contributed by atoms with van der Waals surface area (Å²) in [5, 5.41) is 23.6. The summed E-state index contributed by atoms with van der Waals surface area (Å²) in [6.45, 7) is 0.313. The van der Waals surface area contributed by atoms with Gasteiger partial charge in [-0.2, -0.15) is 0 Å². The highest BCUT2D eigenvalue weighted by atomic mass is 35.5. The van der Waals surface area contributed by atoms with Gasteiger partial charge in [0, 0.05) is 25.4 Å². The number of para-hydroxylation sites is 1. The number of anilines is 1. The van der Waals surface area contributed by atoms with Crippen molar-refractivity contribution in [3.8, 4) is 23.0 Å². The molecular weight excluding hydrogens is 543 g/mol. The first-order valence-electron chi connectivity index (χ1n) is 11.8. The SMILES string of the molecule is COc1ccc([C@H](Cc2c(Cl)cncc2Cl)OC(=O)c2ccc(CNc3c(O)cccc3O)cc2)cc1OC. The number of nitrogens with zero attached hydrogens (tertiary/aromatic N) is 1. The maximum atomic E-state index is 13.2. The molecule has 0 aliphatic heterocycles. The Morgan fingerprint density at radius 3 is 2.18 bits per heavy atom. The van der Waals surface area contributed by atoms with Gasteiger partial charge >= 0.3 is 5.97 Å². The van der Waals surface area contributed by atoms with Crippen molar-refractivity contribution in [2.75, 3.05) is 19.5 Å². The zero-order valence-corrected chi connectivity index (χ0v) is 22.7. The summed E-state index contributed by atoms with van der Waals surface area (Å²) in [6.07, 6.45) is 2.42. The third-order valence-corrected chi connectivity index (χ3v) is 6.70. The van der Waals surface area contributed by atoms with Crippen LogP contribution in [0.15, 0.2) is 73.1 Å². The monoisotopic (exact) mass is 568 g/mol. The summed E-state index contributed by atoms with van der Waals surface area (Å²) in [5.74, 6) is 0.341. The molecule has 8 nitrogen and oxygen atoms in total. The van der Waals surface area contributed by atoms with E-state index in [9.17, 15) is 15.0 Å². The third kappa shape index (κ3) is 6.66. The molecule has 3 N–H and O–H groups in total. The second-order valence-electron chi connectivity index (χ2n) is 8.52. The van der Waals surface area contributed by atoms with Crippen molar-refractivity contribution in [3.63, 3.8) is 0 Å². The molecule has 0 bridgehead atoms. The lowest BCUT2D eigenvalue weighted by Gasteiger charge is -2.21. The molecule has 202 valence electrons. The van der Waals surface area contributed by atoms with Crippen LogP contribution in [0, 0.1) is 0 Å². The van der Waals surface area contributed by atoms with Crippen LogP contribution in [0.4, 0.5) is 5.69 Å². The van der Waals surface area contributed by atoms with E-state index >= 15 is 0 Å². The van der Waals surface area contributed by atoms with Crippen molar-refractivity contribution in [2.24, 2.45) is 0 Å². The van der Waals surface area contributed by atoms with E-state index in [-0.39, 0.29) is 23.6 Å². The smallest absolute Gasteiger partial charge is 0.338 e. The number of pyridine rings is 1. The fourth-order valence-corrected chi connectivity index (χ4v) is 4.47. The number of benzene rings is 3. The highest BCUT2D eigenvalue weighted by molar-refractivity contribution is 6.35. The molecule has 0 aliphatic carbocycles. The lowest BCUT2D eigenvalue weighted by Crippen LogP contribution is -2.15. The van der Waals surface area contributed by atoms with Crippen LogP contribution in [0.2, 0.25) is 10.0 Å². The van der Waals surface area contributed by atoms with Crippen LogP contribution in [0.25, 0.3) is 0 Å². The van der Waals surface area contributed by atoms with Crippen molar-refractivity contribution in [2.45, 2.75) is 19.1 Å². The highest BCUT2D eigenvalue weighted by Crippen LogP contribution is 2.36. The number of rotatable bonds is 10. The van der Waals surface area contributed by atoms with Gasteiger partial charge in [0.15, 0.2) is 11.5 Å². The Kier molecular flexibility index (Phi) is 9.01. The van der Waals surface area contributed by atoms with Crippen molar-refractivity contribution >= 4 is 34.9 Å². The van der Waals surface area contributed by atoms with Gasteiger partial charge in [-0.15, -0.1) is 0 Å². The van der Waals surface area contributed by atoms with Crippen molar-refractivity contribution in [3.05, 3.63) is 105 Å². The number of hydrogen-bond donors (Lipinski definition) is 3. The highest BCUT2D eigenvalue weighted by Gasteiger charge is 2.23.